The van der Waals surface area contributed by atoms with E-state index in [-0.39, 0.29) is 0 Å². The largest absolute Gasteiger partial charge is 0.308 e. The SMILES string of the molecule is CCC1CCC(NCc2cnnn2C)CC1. The minimum Gasteiger partial charge on any atom is -0.308 e. The van der Waals surface area contributed by atoms with Crippen molar-refractivity contribution in [1.29, 1.82) is 0 Å². The Hall–Kier alpha value is -0.900. The van der Waals surface area contributed by atoms with E-state index in [4.69, 9.17) is 0 Å². The highest BCUT2D eigenvalue weighted by Crippen LogP contribution is 2.26. The molecule has 1 aliphatic rings. The van der Waals surface area contributed by atoms with Crippen molar-refractivity contribution < 1.29 is 0 Å². The standard InChI is InChI=1S/C12H22N4/c1-3-10-4-6-11(7-5-10)13-8-12-9-14-15-16(12)2/h9-11,13H,3-8H2,1-2H3. The Labute approximate surface area is 97.4 Å². The van der Waals surface area contributed by atoms with E-state index in [1.807, 2.05) is 17.9 Å². The Kier molecular flexibility index (Phi) is 3.93. The quantitative estimate of drug-likeness (QED) is 0.845. The summed E-state index contributed by atoms with van der Waals surface area (Å²) in [5.41, 5.74) is 1.16. The number of nitrogens with one attached hydrogen (secondary N) is 1. The van der Waals surface area contributed by atoms with Crippen molar-refractivity contribution in [3.63, 3.8) is 0 Å². The van der Waals surface area contributed by atoms with Crippen molar-refractivity contribution in [1.82, 2.24) is 20.3 Å². The molecule has 4 nitrogen and oxygen atoms in total. The summed E-state index contributed by atoms with van der Waals surface area (Å²) in [5.74, 6) is 0.969. The lowest BCUT2D eigenvalue weighted by atomic mass is 9.84. The molecule has 0 bridgehead atoms. The molecule has 0 saturated heterocycles. The van der Waals surface area contributed by atoms with Gasteiger partial charge in [0.25, 0.3) is 0 Å². The first kappa shape index (κ1) is 11.6. The van der Waals surface area contributed by atoms with E-state index in [2.05, 4.69) is 22.6 Å². The summed E-state index contributed by atoms with van der Waals surface area (Å²) in [6.45, 7) is 3.20. The second kappa shape index (κ2) is 5.43. The van der Waals surface area contributed by atoms with Gasteiger partial charge in [-0.1, -0.05) is 18.6 Å². The van der Waals surface area contributed by atoms with Gasteiger partial charge in [0.2, 0.25) is 0 Å². The monoisotopic (exact) mass is 222 g/mol. The zero-order chi connectivity index (χ0) is 11.4. The molecule has 16 heavy (non-hydrogen) atoms. The van der Waals surface area contributed by atoms with Gasteiger partial charge in [0.05, 0.1) is 11.9 Å². The normalized spacial score (nSPS) is 25.9. The average Bonchev–Trinajstić information content (AvgIpc) is 2.73. The Balaban J connectivity index is 1.73. The summed E-state index contributed by atoms with van der Waals surface area (Å²) in [6, 6.07) is 0.692. The number of nitrogens with zero attached hydrogens (tertiary/aromatic N) is 3. The summed E-state index contributed by atoms with van der Waals surface area (Å²) >= 11 is 0. The molecule has 0 atom stereocenters. The van der Waals surface area contributed by atoms with E-state index < -0.39 is 0 Å². The number of aromatic nitrogens is 3. The fourth-order valence-corrected chi connectivity index (χ4v) is 2.49. The molecule has 4 heteroatoms. The highest BCUT2D eigenvalue weighted by Gasteiger charge is 2.19. The van der Waals surface area contributed by atoms with E-state index in [9.17, 15) is 0 Å². The van der Waals surface area contributed by atoms with Crippen LogP contribution < -0.4 is 5.32 Å². The summed E-state index contributed by atoms with van der Waals surface area (Å²) in [7, 11) is 1.94. The summed E-state index contributed by atoms with van der Waals surface area (Å²) in [4.78, 5) is 0. The van der Waals surface area contributed by atoms with E-state index in [0.29, 0.717) is 6.04 Å². The van der Waals surface area contributed by atoms with Crippen molar-refractivity contribution in [2.24, 2.45) is 13.0 Å². The molecule has 1 fully saturated rings. The van der Waals surface area contributed by atoms with Crippen LogP contribution in [0.1, 0.15) is 44.7 Å². The van der Waals surface area contributed by atoms with Crippen LogP contribution in [0.2, 0.25) is 0 Å². The van der Waals surface area contributed by atoms with Gasteiger partial charge in [-0.05, 0) is 31.6 Å². The first-order valence-electron chi connectivity index (χ1n) is 6.36. The molecule has 2 rings (SSSR count). The third kappa shape index (κ3) is 2.82. The topological polar surface area (TPSA) is 42.7 Å². The first-order chi connectivity index (χ1) is 7.79. The Morgan fingerprint density at radius 2 is 2.12 bits per heavy atom. The zero-order valence-corrected chi connectivity index (χ0v) is 10.3. The van der Waals surface area contributed by atoms with Gasteiger partial charge in [0, 0.05) is 19.6 Å². The predicted molar refractivity (Wildman–Crippen MR) is 63.9 cm³/mol. The maximum Gasteiger partial charge on any atom is 0.0738 e. The summed E-state index contributed by atoms with van der Waals surface area (Å²) in [6.07, 6.45) is 8.60. The number of aryl methyl sites for hydroxylation is 1. The lowest BCUT2D eigenvalue weighted by Gasteiger charge is -2.28. The molecule has 0 radical (unpaired) electrons. The first-order valence-corrected chi connectivity index (χ1v) is 6.36. The fraction of sp³-hybridized carbons (Fsp3) is 0.833. The van der Waals surface area contributed by atoms with E-state index in [1.165, 1.54) is 32.1 Å². The lowest BCUT2D eigenvalue weighted by molar-refractivity contribution is 0.284. The van der Waals surface area contributed by atoms with E-state index in [1.54, 1.807) is 0 Å². The lowest BCUT2D eigenvalue weighted by Crippen LogP contribution is -2.33. The van der Waals surface area contributed by atoms with Crippen molar-refractivity contribution in [2.75, 3.05) is 0 Å². The Bertz CT molecular complexity index is 313. The molecule has 90 valence electrons. The molecule has 1 N–H and O–H groups in total. The van der Waals surface area contributed by atoms with Crippen LogP contribution in [0.25, 0.3) is 0 Å². The molecule has 0 aliphatic heterocycles. The van der Waals surface area contributed by atoms with Crippen LogP contribution in [0.15, 0.2) is 6.20 Å². The zero-order valence-electron chi connectivity index (χ0n) is 10.3. The van der Waals surface area contributed by atoms with Crippen molar-refractivity contribution in [3.8, 4) is 0 Å². The van der Waals surface area contributed by atoms with Gasteiger partial charge in [-0.25, -0.2) is 0 Å². The second-order valence-corrected chi connectivity index (χ2v) is 4.86. The molecule has 1 aromatic heterocycles. The maximum atomic E-state index is 3.93. The van der Waals surface area contributed by atoms with Gasteiger partial charge < -0.3 is 5.32 Å². The van der Waals surface area contributed by atoms with Gasteiger partial charge >= 0.3 is 0 Å². The van der Waals surface area contributed by atoms with Crippen LogP contribution in [0, 0.1) is 5.92 Å². The molecule has 0 aromatic carbocycles. The van der Waals surface area contributed by atoms with Crippen LogP contribution in [0.4, 0.5) is 0 Å². The second-order valence-electron chi connectivity index (χ2n) is 4.86. The summed E-state index contributed by atoms with van der Waals surface area (Å²) < 4.78 is 1.84. The van der Waals surface area contributed by atoms with Crippen LogP contribution in [-0.4, -0.2) is 21.0 Å². The molecular formula is C12H22N4. The van der Waals surface area contributed by atoms with E-state index in [0.717, 1.165) is 18.2 Å². The van der Waals surface area contributed by atoms with Crippen LogP contribution in [0.3, 0.4) is 0 Å². The molecule has 1 aliphatic carbocycles. The van der Waals surface area contributed by atoms with Gasteiger partial charge in [0.1, 0.15) is 0 Å². The van der Waals surface area contributed by atoms with Gasteiger partial charge in [0.15, 0.2) is 0 Å². The summed E-state index contributed by atoms with van der Waals surface area (Å²) in [5, 5.41) is 11.4. The molecule has 1 aromatic rings. The predicted octanol–water partition coefficient (Wildman–Crippen LogP) is 1.87. The molecule has 1 heterocycles. The molecular weight excluding hydrogens is 200 g/mol. The van der Waals surface area contributed by atoms with E-state index >= 15 is 0 Å². The number of rotatable bonds is 4. The van der Waals surface area contributed by atoms with Crippen LogP contribution >= 0.6 is 0 Å². The molecule has 0 spiro atoms. The number of hydrogen-bond donors (Lipinski definition) is 1. The van der Waals surface area contributed by atoms with Gasteiger partial charge in [-0.2, -0.15) is 0 Å². The Morgan fingerprint density at radius 3 is 2.69 bits per heavy atom. The third-order valence-corrected chi connectivity index (χ3v) is 3.80. The average molecular weight is 222 g/mol. The highest BCUT2D eigenvalue weighted by molar-refractivity contribution is 4.93. The maximum absolute atomic E-state index is 3.93. The Morgan fingerprint density at radius 1 is 1.38 bits per heavy atom. The third-order valence-electron chi connectivity index (χ3n) is 3.80. The minimum absolute atomic E-state index is 0.692. The minimum atomic E-state index is 0.692. The van der Waals surface area contributed by atoms with Crippen LogP contribution in [0.5, 0.6) is 0 Å². The van der Waals surface area contributed by atoms with Crippen molar-refractivity contribution in [2.45, 2.75) is 51.6 Å². The number of hydrogen-bond acceptors (Lipinski definition) is 3. The molecule has 1 saturated carbocycles. The smallest absolute Gasteiger partial charge is 0.0738 e. The van der Waals surface area contributed by atoms with Crippen molar-refractivity contribution in [3.05, 3.63) is 11.9 Å². The highest BCUT2D eigenvalue weighted by atomic mass is 15.4. The van der Waals surface area contributed by atoms with Crippen molar-refractivity contribution >= 4 is 0 Å². The van der Waals surface area contributed by atoms with Gasteiger partial charge in [-0.3, -0.25) is 4.68 Å². The van der Waals surface area contributed by atoms with Crippen LogP contribution in [-0.2, 0) is 13.6 Å². The molecule has 0 unspecified atom stereocenters. The molecule has 0 amide bonds. The fourth-order valence-electron chi connectivity index (χ4n) is 2.49. The van der Waals surface area contributed by atoms with Gasteiger partial charge in [-0.15, -0.1) is 5.10 Å².